The van der Waals surface area contributed by atoms with Gasteiger partial charge < -0.3 is 10.6 Å². The molecule has 4 rings (SSSR count). The molecule has 2 unspecified atom stereocenters. The zero-order valence-corrected chi connectivity index (χ0v) is 16.5. The molecule has 1 aromatic heterocycles. The zero-order valence-electron chi connectivity index (χ0n) is 16.5. The van der Waals surface area contributed by atoms with Crippen LogP contribution in [0.25, 0.3) is 0 Å². The minimum absolute atomic E-state index is 0.0699. The van der Waals surface area contributed by atoms with Crippen LogP contribution < -0.4 is 10.6 Å². The van der Waals surface area contributed by atoms with E-state index in [2.05, 4.69) is 15.7 Å². The minimum Gasteiger partial charge on any atom is -0.363 e. The summed E-state index contributed by atoms with van der Waals surface area (Å²) in [5.41, 5.74) is 3.15. The van der Waals surface area contributed by atoms with Crippen LogP contribution in [0, 0.1) is 13.8 Å². The quantitative estimate of drug-likeness (QED) is 0.602. The number of nitrogens with one attached hydrogen (secondary N) is 2. The van der Waals surface area contributed by atoms with Gasteiger partial charge in [0.2, 0.25) is 0 Å². The number of nitrogens with zero attached hydrogens (tertiary/aromatic N) is 2. The molecule has 1 aliphatic rings. The number of aromatic nitrogens is 2. The van der Waals surface area contributed by atoms with E-state index in [0.717, 1.165) is 21.4 Å². The van der Waals surface area contributed by atoms with Crippen LogP contribution in [-0.2, 0) is 0 Å². The van der Waals surface area contributed by atoms with E-state index in [4.69, 9.17) is 0 Å². The van der Waals surface area contributed by atoms with E-state index in [9.17, 15) is 18.0 Å². The van der Waals surface area contributed by atoms with Crippen LogP contribution in [0.15, 0.2) is 54.6 Å². The van der Waals surface area contributed by atoms with Gasteiger partial charge in [-0.05, 0) is 31.0 Å². The van der Waals surface area contributed by atoms with E-state index < -0.39 is 24.2 Å². The van der Waals surface area contributed by atoms with Crippen molar-refractivity contribution in [1.29, 1.82) is 0 Å². The highest BCUT2D eigenvalue weighted by Crippen LogP contribution is 2.43. The second kappa shape index (κ2) is 7.51. The first kappa shape index (κ1) is 20.0. The Labute approximate surface area is 171 Å². The van der Waals surface area contributed by atoms with Gasteiger partial charge in [-0.3, -0.25) is 4.79 Å². The Bertz CT molecular complexity index is 1070. The molecule has 1 amide bonds. The first-order valence-electron chi connectivity index (χ1n) is 9.59. The molecule has 30 heavy (non-hydrogen) atoms. The lowest BCUT2D eigenvalue weighted by atomic mass is 9.96. The summed E-state index contributed by atoms with van der Waals surface area (Å²) in [7, 11) is 0. The van der Waals surface area contributed by atoms with E-state index in [1.807, 2.05) is 50.2 Å². The number of fused-ring (bicyclic) bond motifs is 1. The summed E-state index contributed by atoms with van der Waals surface area (Å²) in [6, 6.07) is 13.6. The van der Waals surface area contributed by atoms with Gasteiger partial charge in [0.25, 0.3) is 5.91 Å². The minimum atomic E-state index is -4.49. The van der Waals surface area contributed by atoms with Gasteiger partial charge in [0.05, 0.1) is 6.04 Å². The third kappa shape index (κ3) is 3.90. The molecule has 1 aliphatic heterocycles. The van der Waals surface area contributed by atoms with Crippen molar-refractivity contribution in [3.63, 3.8) is 0 Å². The zero-order chi connectivity index (χ0) is 21.5. The number of rotatable bonds is 3. The molecule has 2 heterocycles. The van der Waals surface area contributed by atoms with Crippen LogP contribution in [-0.4, -0.2) is 21.9 Å². The number of hydrogen-bond donors (Lipinski definition) is 2. The third-order valence-electron chi connectivity index (χ3n) is 5.30. The number of alkyl halides is 3. The van der Waals surface area contributed by atoms with Gasteiger partial charge in [-0.25, -0.2) is 4.68 Å². The van der Waals surface area contributed by atoms with E-state index in [1.54, 1.807) is 12.1 Å². The second-order valence-electron chi connectivity index (χ2n) is 7.53. The summed E-state index contributed by atoms with van der Waals surface area (Å²) in [6.45, 7) is 3.76. The molecule has 0 saturated heterocycles. The molecule has 5 nitrogen and oxygen atoms in total. The van der Waals surface area contributed by atoms with Crippen molar-refractivity contribution in [2.24, 2.45) is 0 Å². The van der Waals surface area contributed by atoms with Gasteiger partial charge in [0.15, 0.2) is 11.7 Å². The Kier molecular flexibility index (Phi) is 5.01. The summed E-state index contributed by atoms with van der Waals surface area (Å²) in [6.07, 6.45) is -4.70. The van der Waals surface area contributed by atoms with Crippen molar-refractivity contribution >= 4 is 17.4 Å². The molecule has 0 saturated carbocycles. The molecule has 156 valence electrons. The maximum Gasteiger partial charge on any atom is 0.410 e. The predicted molar refractivity (Wildman–Crippen MR) is 109 cm³/mol. The lowest BCUT2D eigenvalue weighted by Crippen LogP contribution is -2.35. The van der Waals surface area contributed by atoms with E-state index >= 15 is 0 Å². The van der Waals surface area contributed by atoms with Gasteiger partial charge in [0.1, 0.15) is 5.82 Å². The molecular formula is C22H21F3N4O. The molecule has 3 aromatic rings. The molecule has 0 spiro atoms. The molecule has 2 aromatic carbocycles. The molecule has 8 heteroatoms. The van der Waals surface area contributed by atoms with Crippen molar-refractivity contribution < 1.29 is 18.0 Å². The number of para-hydroxylation sites is 1. The number of aryl methyl sites for hydroxylation is 2. The summed E-state index contributed by atoms with van der Waals surface area (Å²) < 4.78 is 42.3. The Hall–Kier alpha value is -3.29. The van der Waals surface area contributed by atoms with Gasteiger partial charge in [-0.15, -0.1) is 0 Å². The molecule has 0 fully saturated rings. The first-order valence-corrected chi connectivity index (χ1v) is 9.59. The Morgan fingerprint density at radius 2 is 1.83 bits per heavy atom. The highest BCUT2D eigenvalue weighted by Gasteiger charge is 2.46. The number of amides is 1. The standard InChI is InChI=1S/C22H21F3N4O/c1-13-7-9-15(10-8-13)17-11-19(22(23,24)25)29-20(26-17)12-18(28-29)21(30)27-16-6-4-3-5-14(16)2/h3-10,12,17,19,26H,11H2,1-2H3,(H,27,30). The van der Waals surface area contributed by atoms with Gasteiger partial charge in [-0.2, -0.15) is 18.3 Å². The number of halogens is 3. The lowest BCUT2D eigenvalue weighted by molar-refractivity contribution is -0.173. The number of carbonyl (C=O) groups is 1. The topological polar surface area (TPSA) is 59.0 Å². The van der Waals surface area contributed by atoms with Crippen molar-refractivity contribution in [2.75, 3.05) is 10.6 Å². The van der Waals surface area contributed by atoms with E-state index in [0.29, 0.717) is 5.69 Å². The van der Waals surface area contributed by atoms with E-state index in [-0.39, 0.29) is 17.9 Å². The van der Waals surface area contributed by atoms with Crippen LogP contribution in [0.2, 0.25) is 0 Å². The normalized spacial score (nSPS) is 18.4. The second-order valence-corrected chi connectivity index (χ2v) is 7.53. The van der Waals surface area contributed by atoms with Gasteiger partial charge in [-0.1, -0.05) is 48.0 Å². The number of hydrogen-bond acceptors (Lipinski definition) is 3. The summed E-state index contributed by atoms with van der Waals surface area (Å²) in [4.78, 5) is 12.6. The molecular weight excluding hydrogens is 393 g/mol. The molecule has 0 radical (unpaired) electrons. The number of anilines is 2. The smallest absolute Gasteiger partial charge is 0.363 e. The fraction of sp³-hybridized carbons (Fsp3) is 0.273. The Morgan fingerprint density at radius 3 is 2.50 bits per heavy atom. The van der Waals surface area contributed by atoms with Crippen molar-refractivity contribution in [3.05, 3.63) is 77.0 Å². The largest absolute Gasteiger partial charge is 0.410 e. The molecule has 0 aliphatic carbocycles. The number of carbonyl (C=O) groups excluding carboxylic acids is 1. The first-order chi connectivity index (χ1) is 14.2. The summed E-state index contributed by atoms with van der Waals surface area (Å²) in [5.74, 6) is -0.384. The molecule has 2 N–H and O–H groups in total. The van der Waals surface area contributed by atoms with E-state index in [1.165, 1.54) is 6.07 Å². The van der Waals surface area contributed by atoms with Crippen LogP contribution in [0.5, 0.6) is 0 Å². The van der Waals surface area contributed by atoms with Crippen molar-refractivity contribution in [2.45, 2.75) is 38.5 Å². The predicted octanol–water partition coefficient (Wildman–Crippen LogP) is 5.41. The Balaban J connectivity index is 1.65. The van der Waals surface area contributed by atoms with Gasteiger partial charge >= 0.3 is 6.18 Å². The summed E-state index contributed by atoms with van der Waals surface area (Å²) >= 11 is 0. The highest BCUT2D eigenvalue weighted by atomic mass is 19.4. The average molecular weight is 414 g/mol. The monoisotopic (exact) mass is 414 g/mol. The van der Waals surface area contributed by atoms with Crippen LogP contribution in [0.4, 0.5) is 24.7 Å². The number of benzene rings is 2. The molecule has 2 atom stereocenters. The molecule has 0 bridgehead atoms. The van der Waals surface area contributed by atoms with Crippen molar-refractivity contribution in [3.8, 4) is 0 Å². The fourth-order valence-electron chi connectivity index (χ4n) is 3.60. The lowest BCUT2D eigenvalue weighted by Gasteiger charge is -2.33. The Morgan fingerprint density at radius 1 is 1.13 bits per heavy atom. The maximum atomic E-state index is 13.8. The summed E-state index contributed by atoms with van der Waals surface area (Å²) in [5, 5.41) is 9.81. The van der Waals surface area contributed by atoms with Crippen LogP contribution in [0.3, 0.4) is 0 Å². The van der Waals surface area contributed by atoms with Crippen molar-refractivity contribution in [1.82, 2.24) is 9.78 Å². The average Bonchev–Trinajstić information content (AvgIpc) is 3.13. The highest BCUT2D eigenvalue weighted by molar-refractivity contribution is 6.03. The SMILES string of the molecule is Cc1ccc(C2CC(C(F)(F)F)n3nc(C(=O)Nc4ccccc4C)cc3N2)cc1. The van der Waals surface area contributed by atoms with Crippen LogP contribution in [0.1, 0.15) is 45.7 Å². The third-order valence-corrected chi connectivity index (χ3v) is 5.30. The fourth-order valence-corrected chi connectivity index (χ4v) is 3.60. The maximum absolute atomic E-state index is 13.8. The van der Waals surface area contributed by atoms with Crippen LogP contribution >= 0.6 is 0 Å². The van der Waals surface area contributed by atoms with Gasteiger partial charge in [0, 0.05) is 18.2 Å².